The normalized spacial score (nSPS) is 12.2. The molecule has 0 radical (unpaired) electrons. The fourth-order valence-electron chi connectivity index (χ4n) is 7.87. The maximum absolute atomic E-state index is 12.8. The minimum absolute atomic E-state index is 0.0797. The largest absolute Gasteiger partial charge is 0.462 e. The lowest BCUT2D eigenvalue weighted by Crippen LogP contribution is -2.30. The molecule has 0 aliphatic heterocycles. The molecule has 6 heteroatoms. The lowest BCUT2D eigenvalue weighted by molar-refractivity contribution is -0.167. The highest BCUT2D eigenvalue weighted by atomic mass is 16.6. The highest BCUT2D eigenvalue weighted by Crippen LogP contribution is 2.16. The van der Waals surface area contributed by atoms with Crippen LogP contribution in [0.15, 0.2) is 36.5 Å². The Morgan fingerprint density at radius 2 is 0.629 bits per heavy atom. The van der Waals surface area contributed by atoms with Crippen molar-refractivity contribution in [3.05, 3.63) is 36.5 Å². The van der Waals surface area contributed by atoms with E-state index in [0.29, 0.717) is 19.3 Å². The molecule has 0 bridgehead atoms. The van der Waals surface area contributed by atoms with Crippen LogP contribution in [0.2, 0.25) is 0 Å². The molecule has 62 heavy (non-hydrogen) atoms. The number of hydrogen-bond acceptors (Lipinski definition) is 6. The number of esters is 3. The lowest BCUT2D eigenvalue weighted by atomic mass is 10.0. The highest BCUT2D eigenvalue weighted by Gasteiger charge is 2.19. The van der Waals surface area contributed by atoms with Crippen LogP contribution in [-0.4, -0.2) is 37.2 Å². The highest BCUT2D eigenvalue weighted by molar-refractivity contribution is 5.71. The van der Waals surface area contributed by atoms with E-state index in [4.69, 9.17) is 14.2 Å². The number of carbonyl (C=O) groups is 3. The van der Waals surface area contributed by atoms with Gasteiger partial charge in [-0.2, -0.15) is 0 Å². The summed E-state index contributed by atoms with van der Waals surface area (Å²) in [6.07, 6.45) is 60.0. The molecule has 0 amide bonds. The number of allylic oxidation sites excluding steroid dienone is 6. The van der Waals surface area contributed by atoms with E-state index >= 15 is 0 Å². The van der Waals surface area contributed by atoms with Gasteiger partial charge in [0.05, 0.1) is 0 Å². The van der Waals surface area contributed by atoms with Gasteiger partial charge in [-0.1, -0.05) is 250 Å². The van der Waals surface area contributed by atoms with Crippen LogP contribution >= 0.6 is 0 Å². The van der Waals surface area contributed by atoms with Crippen LogP contribution in [0.4, 0.5) is 0 Å². The summed E-state index contributed by atoms with van der Waals surface area (Å²) in [6.45, 7) is 6.52. The van der Waals surface area contributed by atoms with Crippen LogP contribution in [0.25, 0.3) is 0 Å². The topological polar surface area (TPSA) is 78.9 Å². The molecular formula is C56H102O6. The summed E-state index contributed by atoms with van der Waals surface area (Å²) in [4.78, 5) is 37.9. The summed E-state index contributed by atoms with van der Waals surface area (Å²) in [7, 11) is 0. The second-order valence-electron chi connectivity index (χ2n) is 18.1. The first kappa shape index (κ1) is 59.6. The molecule has 1 atom stereocenters. The summed E-state index contributed by atoms with van der Waals surface area (Å²) in [5, 5.41) is 0. The van der Waals surface area contributed by atoms with E-state index in [2.05, 4.69) is 57.2 Å². The molecule has 0 spiro atoms. The lowest BCUT2D eigenvalue weighted by Gasteiger charge is -2.18. The molecule has 1 unspecified atom stereocenters. The average molecular weight is 871 g/mol. The van der Waals surface area contributed by atoms with Crippen molar-refractivity contribution in [1.82, 2.24) is 0 Å². The van der Waals surface area contributed by atoms with Gasteiger partial charge in [0.15, 0.2) is 6.10 Å². The van der Waals surface area contributed by atoms with Gasteiger partial charge in [0.1, 0.15) is 13.2 Å². The number of carbonyl (C=O) groups excluding carboxylic acids is 3. The van der Waals surface area contributed by atoms with Crippen LogP contribution in [0.1, 0.15) is 284 Å². The van der Waals surface area contributed by atoms with E-state index in [1.807, 2.05) is 0 Å². The fraction of sp³-hybridized carbons (Fsp3) is 0.839. The Balaban J connectivity index is 4.28. The van der Waals surface area contributed by atoms with Crippen molar-refractivity contribution in [2.45, 2.75) is 290 Å². The molecule has 0 aromatic rings. The van der Waals surface area contributed by atoms with Gasteiger partial charge < -0.3 is 14.2 Å². The molecule has 0 saturated heterocycles. The minimum atomic E-state index is -0.781. The Kier molecular flexibility index (Phi) is 49.3. The molecule has 0 aromatic heterocycles. The Bertz CT molecular complexity index is 1050. The molecule has 0 rings (SSSR count). The standard InChI is InChI=1S/C56H102O6/c1-4-7-10-13-16-19-22-24-25-26-27-28-29-30-32-34-37-40-43-46-49-55(58)61-52-53(51-60-54(57)48-45-42-39-36-33-21-18-15-12-9-6-3)62-56(59)50-47-44-41-38-35-31-23-20-17-14-11-8-5-2/h8,11,17,20,31,35,53H,4-7,9-10,12-16,18-19,21-30,32-34,36-52H2,1-3H3/b11-8-,20-17-,35-31-. The zero-order chi connectivity index (χ0) is 45.1. The van der Waals surface area contributed by atoms with Crippen LogP contribution in [-0.2, 0) is 28.6 Å². The molecule has 362 valence electrons. The zero-order valence-corrected chi connectivity index (χ0v) is 41.4. The first-order valence-electron chi connectivity index (χ1n) is 27.0. The Hall–Kier alpha value is -2.37. The Morgan fingerprint density at radius 3 is 0.984 bits per heavy atom. The van der Waals surface area contributed by atoms with Crippen LogP contribution in [0, 0.1) is 0 Å². The summed E-state index contributed by atoms with van der Waals surface area (Å²) in [5.74, 6) is -0.897. The van der Waals surface area contributed by atoms with Crippen molar-refractivity contribution in [2.24, 2.45) is 0 Å². The maximum atomic E-state index is 12.8. The monoisotopic (exact) mass is 871 g/mol. The van der Waals surface area contributed by atoms with E-state index in [1.165, 1.54) is 161 Å². The molecular weight excluding hydrogens is 769 g/mol. The number of unbranched alkanes of at least 4 members (excludes halogenated alkanes) is 32. The fourth-order valence-corrected chi connectivity index (χ4v) is 7.87. The van der Waals surface area contributed by atoms with Crippen LogP contribution in [0.5, 0.6) is 0 Å². The van der Waals surface area contributed by atoms with Crippen molar-refractivity contribution >= 4 is 17.9 Å². The third-order valence-corrected chi connectivity index (χ3v) is 11.9. The molecule has 0 aliphatic rings. The second-order valence-corrected chi connectivity index (χ2v) is 18.1. The number of rotatable bonds is 49. The molecule has 0 aromatic carbocycles. The summed E-state index contributed by atoms with van der Waals surface area (Å²) in [5.41, 5.74) is 0. The predicted molar refractivity (Wildman–Crippen MR) is 266 cm³/mol. The molecule has 0 N–H and O–H groups in total. The molecule has 0 heterocycles. The zero-order valence-electron chi connectivity index (χ0n) is 41.4. The van der Waals surface area contributed by atoms with Gasteiger partial charge >= 0.3 is 17.9 Å². The van der Waals surface area contributed by atoms with E-state index < -0.39 is 6.10 Å². The minimum Gasteiger partial charge on any atom is -0.462 e. The average Bonchev–Trinajstić information content (AvgIpc) is 3.27. The SMILES string of the molecule is CC/C=C\C/C=C\C/C=C\CCCCCC(=O)OC(COC(=O)CCCCCCCCCCCCC)COC(=O)CCCCCCCCCCCCCCCCCCCCCC. The quantitative estimate of drug-likeness (QED) is 0.0262. The van der Waals surface area contributed by atoms with Crippen LogP contribution in [0.3, 0.4) is 0 Å². The van der Waals surface area contributed by atoms with Crippen molar-refractivity contribution in [2.75, 3.05) is 13.2 Å². The first-order chi connectivity index (χ1) is 30.5. The summed E-state index contributed by atoms with van der Waals surface area (Å²) in [6, 6.07) is 0. The van der Waals surface area contributed by atoms with Gasteiger partial charge in [-0.15, -0.1) is 0 Å². The molecule has 0 fully saturated rings. The van der Waals surface area contributed by atoms with Gasteiger partial charge in [0.2, 0.25) is 0 Å². The maximum Gasteiger partial charge on any atom is 0.306 e. The second kappa shape index (κ2) is 51.3. The van der Waals surface area contributed by atoms with E-state index in [1.54, 1.807) is 0 Å². The smallest absolute Gasteiger partial charge is 0.306 e. The molecule has 6 nitrogen and oxygen atoms in total. The van der Waals surface area contributed by atoms with Gasteiger partial charge in [-0.3, -0.25) is 14.4 Å². The van der Waals surface area contributed by atoms with Crippen molar-refractivity contribution in [3.8, 4) is 0 Å². The van der Waals surface area contributed by atoms with E-state index in [0.717, 1.165) is 83.5 Å². The van der Waals surface area contributed by atoms with E-state index in [-0.39, 0.29) is 31.1 Å². The van der Waals surface area contributed by atoms with Crippen molar-refractivity contribution in [3.63, 3.8) is 0 Å². The number of hydrogen-bond donors (Lipinski definition) is 0. The number of ether oxygens (including phenoxy) is 3. The van der Waals surface area contributed by atoms with Gasteiger partial charge in [0.25, 0.3) is 0 Å². The van der Waals surface area contributed by atoms with Crippen LogP contribution < -0.4 is 0 Å². The van der Waals surface area contributed by atoms with Gasteiger partial charge in [-0.05, 0) is 51.4 Å². The van der Waals surface area contributed by atoms with Crippen molar-refractivity contribution < 1.29 is 28.6 Å². The third-order valence-electron chi connectivity index (χ3n) is 11.9. The first-order valence-corrected chi connectivity index (χ1v) is 27.0. The molecule has 0 aliphatic carbocycles. The third kappa shape index (κ3) is 48.7. The molecule has 0 saturated carbocycles. The Morgan fingerprint density at radius 1 is 0.339 bits per heavy atom. The predicted octanol–water partition coefficient (Wildman–Crippen LogP) is 17.7. The van der Waals surface area contributed by atoms with Crippen molar-refractivity contribution in [1.29, 1.82) is 0 Å². The Labute approximate surface area is 385 Å². The van der Waals surface area contributed by atoms with E-state index in [9.17, 15) is 14.4 Å². The summed E-state index contributed by atoms with van der Waals surface area (Å²) < 4.78 is 16.8. The van der Waals surface area contributed by atoms with Gasteiger partial charge in [0, 0.05) is 19.3 Å². The summed E-state index contributed by atoms with van der Waals surface area (Å²) >= 11 is 0. The van der Waals surface area contributed by atoms with Gasteiger partial charge in [-0.25, -0.2) is 0 Å².